The maximum absolute atomic E-state index is 13.7. The number of fused-ring (bicyclic) bond motifs is 1. The molecule has 3 heterocycles. The number of rotatable bonds is 10. The average Bonchev–Trinajstić information content (AvgIpc) is 3.41. The lowest BCUT2D eigenvalue weighted by molar-refractivity contribution is 0.0664. The van der Waals surface area contributed by atoms with Gasteiger partial charge in [0, 0.05) is 44.6 Å². The van der Waals surface area contributed by atoms with E-state index in [-0.39, 0.29) is 18.0 Å². The molecule has 1 aliphatic rings. The molecule has 0 spiro atoms. The third-order valence-electron chi connectivity index (χ3n) is 7.39. The van der Waals surface area contributed by atoms with Crippen LogP contribution >= 0.6 is 0 Å². The van der Waals surface area contributed by atoms with E-state index in [2.05, 4.69) is 46.8 Å². The minimum atomic E-state index is -0.132. The highest BCUT2D eigenvalue weighted by atomic mass is 16.5. The molecule has 2 aromatic heterocycles. The van der Waals surface area contributed by atoms with Gasteiger partial charge < -0.3 is 20.3 Å². The number of nitrogens with one attached hydrogen (secondary N) is 2. The first kappa shape index (κ1) is 27.0. The number of hydrogen-bond acceptors (Lipinski definition) is 6. The largest absolute Gasteiger partial charge is 0.381 e. The van der Waals surface area contributed by atoms with Crippen molar-refractivity contribution in [1.29, 1.82) is 0 Å². The Kier molecular flexibility index (Phi) is 8.66. The lowest BCUT2D eigenvalue weighted by Gasteiger charge is -2.22. The van der Waals surface area contributed by atoms with Gasteiger partial charge in [-0.3, -0.25) is 9.48 Å². The van der Waals surface area contributed by atoms with E-state index < -0.39 is 0 Å². The molecule has 1 saturated heterocycles. The molecule has 1 atom stereocenters. The van der Waals surface area contributed by atoms with Gasteiger partial charge in [-0.05, 0) is 57.1 Å². The van der Waals surface area contributed by atoms with Crippen LogP contribution in [0.2, 0.25) is 0 Å². The van der Waals surface area contributed by atoms with Crippen LogP contribution in [0.15, 0.2) is 66.9 Å². The molecule has 0 aliphatic carbocycles. The highest BCUT2D eigenvalue weighted by molar-refractivity contribution is 6.06. The lowest BCUT2D eigenvalue weighted by atomic mass is 10.0. The molecule has 39 heavy (non-hydrogen) atoms. The first-order valence-electron chi connectivity index (χ1n) is 13.8. The van der Waals surface area contributed by atoms with Crippen molar-refractivity contribution in [3.8, 4) is 11.3 Å². The molecule has 1 amide bonds. The predicted molar refractivity (Wildman–Crippen MR) is 155 cm³/mol. The number of nitrogens with zero attached hydrogens (tertiary/aromatic N) is 4. The lowest BCUT2D eigenvalue weighted by Crippen LogP contribution is -2.27. The summed E-state index contributed by atoms with van der Waals surface area (Å²) >= 11 is 0. The quantitative estimate of drug-likeness (QED) is 0.314. The molecule has 5 rings (SSSR count). The number of pyridine rings is 1. The van der Waals surface area contributed by atoms with Gasteiger partial charge in [-0.2, -0.15) is 5.10 Å². The van der Waals surface area contributed by atoms with Crippen molar-refractivity contribution in [3.63, 3.8) is 0 Å². The second kappa shape index (κ2) is 12.5. The van der Waals surface area contributed by atoms with Crippen LogP contribution in [0.1, 0.15) is 53.3 Å². The number of aromatic nitrogens is 3. The van der Waals surface area contributed by atoms with E-state index in [9.17, 15) is 4.79 Å². The van der Waals surface area contributed by atoms with Gasteiger partial charge in [-0.15, -0.1) is 0 Å². The van der Waals surface area contributed by atoms with Crippen molar-refractivity contribution >= 4 is 16.9 Å². The van der Waals surface area contributed by atoms with Gasteiger partial charge >= 0.3 is 0 Å². The average molecular weight is 527 g/mol. The monoisotopic (exact) mass is 526 g/mol. The fourth-order valence-electron chi connectivity index (χ4n) is 5.11. The van der Waals surface area contributed by atoms with Gasteiger partial charge in [0.2, 0.25) is 0 Å². The minimum Gasteiger partial charge on any atom is -0.381 e. The van der Waals surface area contributed by atoms with Gasteiger partial charge in [0.1, 0.15) is 0 Å². The van der Waals surface area contributed by atoms with Crippen molar-refractivity contribution in [2.45, 2.75) is 38.4 Å². The van der Waals surface area contributed by atoms with Gasteiger partial charge in [0.05, 0.1) is 28.7 Å². The van der Waals surface area contributed by atoms with E-state index in [0.717, 1.165) is 67.9 Å². The van der Waals surface area contributed by atoms with Gasteiger partial charge in [-0.25, -0.2) is 4.98 Å². The summed E-state index contributed by atoms with van der Waals surface area (Å²) in [5, 5.41) is 12.0. The third-order valence-corrected chi connectivity index (χ3v) is 7.39. The Labute approximate surface area is 230 Å². The van der Waals surface area contributed by atoms with Crippen LogP contribution in [0.5, 0.6) is 0 Å². The van der Waals surface area contributed by atoms with Crippen molar-refractivity contribution < 1.29 is 9.53 Å². The normalized spacial score (nSPS) is 15.1. The first-order valence-corrected chi connectivity index (χ1v) is 13.8. The summed E-state index contributed by atoms with van der Waals surface area (Å²) in [6, 6.07) is 20.4. The second-order valence-corrected chi connectivity index (χ2v) is 10.4. The molecule has 0 bridgehead atoms. The summed E-state index contributed by atoms with van der Waals surface area (Å²) in [6.07, 6.45) is 3.78. The van der Waals surface area contributed by atoms with Crippen LogP contribution in [0.4, 0.5) is 0 Å². The number of carbonyl (C=O) groups excluding carboxylic acids is 1. The van der Waals surface area contributed by atoms with Crippen molar-refractivity contribution in [1.82, 2.24) is 30.3 Å². The van der Waals surface area contributed by atoms with Crippen LogP contribution in [-0.4, -0.2) is 66.0 Å². The molecule has 0 saturated carbocycles. The van der Waals surface area contributed by atoms with E-state index in [1.54, 1.807) is 0 Å². The standard InChI is InChI=1S/C31H38N6O2/c1-22(24-9-5-4-6-10-24)33-31(38)27-19-29(25-11-7-8-23(18-25)20-36(3)15-14-32-2)34-30-28(27)21-37(35-30)26-12-16-39-17-13-26/h4-11,18-19,21-22,26,32H,12-17,20H2,1-3H3,(H,33,38). The molecule has 2 N–H and O–H groups in total. The molecule has 204 valence electrons. The molecule has 2 aromatic carbocycles. The van der Waals surface area contributed by atoms with E-state index in [1.165, 1.54) is 5.56 Å². The number of hydrogen-bond donors (Lipinski definition) is 2. The molecule has 1 aliphatic heterocycles. The summed E-state index contributed by atoms with van der Waals surface area (Å²) < 4.78 is 7.53. The Morgan fingerprint density at radius 1 is 1.13 bits per heavy atom. The van der Waals surface area contributed by atoms with Crippen LogP contribution in [0.25, 0.3) is 22.3 Å². The highest BCUT2D eigenvalue weighted by Crippen LogP contribution is 2.29. The third kappa shape index (κ3) is 6.53. The molecular weight excluding hydrogens is 488 g/mol. The summed E-state index contributed by atoms with van der Waals surface area (Å²) in [7, 11) is 4.08. The molecule has 1 fully saturated rings. The Bertz CT molecular complexity index is 1400. The minimum absolute atomic E-state index is 0.130. The summed E-state index contributed by atoms with van der Waals surface area (Å²) in [6.45, 7) is 6.17. The van der Waals surface area contributed by atoms with E-state index >= 15 is 0 Å². The van der Waals surface area contributed by atoms with Gasteiger partial charge in [-0.1, -0.05) is 48.5 Å². The Morgan fingerprint density at radius 2 is 1.92 bits per heavy atom. The molecular formula is C31H38N6O2. The fraction of sp³-hybridized carbons (Fsp3) is 0.387. The van der Waals surface area contributed by atoms with Crippen LogP contribution in [-0.2, 0) is 11.3 Å². The number of carbonyl (C=O) groups is 1. The van der Waals surface area contributed by atoms with Crippen molar-refractivity contribution in [3.05, 3.63) is 83.6 Å². The maximum atomic E-state index is 13.7. The van der Waals surface area contributed by atoms with Gasteiger partial charge in [0.25, 0.3) is 5.91 Å². The molecule has 4 aromatic rings. The van der Waals surface area contributed by atoms with E-state index in [1.807, 2.05) is 61.2 Å². The summed E-state index contributed by atoms with van der Waals surface area (Å²) in [5.74, 6) is -0.130. The summed E-state index contributed by atoms with van der Waals surface area (Å²) in [4.78, 5) is 20.9. The molecule has 8 nitrogen and oxygen atoms in total. The Hall–Kier alpha value is -3.59. The summed E-state index contributed by atoms with van der Waals surface area (Å²) in [5.41, 5.74) is 5.16. The fourth-order valence-corrected chi connectivity index (χ4v) is 5.11. The Balaban J connectivity index is 1.50. The van der Waals surface area contributed by atoms with Crippen molar-refractivity contribution in [2.24, 2.45) is 0 Å². The van der Waals surface area contributed by atoms with Gasteiger partial charge in [0.15, 0.2) is 5.65 Å². The van der Waals surface area contributed by atoms with Crippen LogP contribution in [0.3, 0.4) is 0 Å². The van der Waals surface area contributed by atoms with Crippen molar-refractivity contribution in [2.75, 3.05) is 40.4 Å². The number of amides is 1. The molecule has 8 heteroatoms. The van der Waals surface area contributed by atoms with E-state index in [0.29, 0.717) is 11.2 Å². The maximum Gasteiger partial charge on any atom is 0.252 e. The zero-order valence-electron chi connectivity index (χ0n) is 23.1. The zero-order valence-corrected chi connectivity index (χ0v) is 23.1. The first-order chi connectivity index (χ1) is 19.0. The second-order valence-electron chi connectivity index (χ2n) is 10.4. The molecule has 0 radical (unpaired) electrons. The van der Waals surface area contributed by atoms with Crippen LogP contribution in [0, 0.1) is 0 Å². The SMILES string of the molecule is CNCCN(C)Cc1cccc(-c2cc(C(=O)NC(C)c3ccccc3)c3cn(C4CCOCC4)nc3n2)c1. The smallest absolute Gasteiger partial charge is 0.252 e. The predicted octanol–water partition coefficient (Wildman–Crippen LogP) is 4.59. The number of ether oxygens (including phenoxy) is 1. The Morgan fingerprint density at radius 3 is 2.69 bits per heavy atom. The van der Waals surface area contributed by atoms with Crippen LogP contribution < -0.4 is 10.6 Å². The zero-order chi connectivity index (χ0) is 27.2. The number of likely N-dealkylation sites (N-methyl/N-ethyl adjacent to an activating group) is 2. The highest BCUT2D eigenvalue weighted by Gasteiger charge is 2.22. The van der Waals surface area contributed by atoms with E-state index in [4.69, 9.17) is 14.8 Å². The number of benzene rings is 2. The molecule has 1 unspecified atom stereocenters. The topological polar surface area (TPSA) is 84.3 Å².